The van der Waals surface area contributed by atoms with Crippen LogP contribution in [0.15, 0.2) is 47.4 Å². The van der Waals surface area contributed by atoms with Crippen molar-refractivity contribution in [2.24, 2.45) is 0 Å². The summed E-state index contributed by atoms with van der Waals surface area (Å²) in [5.41, 5.74) is 1.09. The summed E-state index contributed by atoms with van der Waals surface area (Å²) in [7, 11) is -1.74. The topological polar surface area (TPSA) is 72.9 Å². The Kier molecular flexibility index (Phi) is 5.63. The summed E-state index contributed by atoms with van der Waals surface area (Å²) < 4.78 is 50.1. The number of hydrogen-bond donors (Lipinski definition) is 0. The van der Waals surface area contributed by atoms with Crippen LogP contribution in [-0.2, 0) is 19.6 Å². The van der Waals surface area contributed by atoms with E-state index in [1.165, 1.54) is 19.2 Å². The van der Waals surface area contributed by atoms with Crippen LogP contribution in [0.4, 0.5) is 10.1 Å². The molecular weight excluding hydrogens is 349 g/mol. The number of methoxy groups -OCH3 is 2. The zero-order chi connectivity index (χ0) is 18.6. The molecule has 0 saturated heterocycles. The molecule has 0 fully saturated rings. The molecule has 0 unspecified atom stereocenters. The molecule has 0 saturated carbocycles. The minimum absolute atomic E-state index is 0.0750. The highest BCUT2D eigenvalue weighted by molar-refractivity contribution is 7.92. The summed E-state index contributed by atoms with van der Waals surface area (Å²) in [6.45, 7) is 1.26. The van der Waals surface area contributed by atoms with Gasteiger partial charge in [0.25, 0.3) is 10.0 Å². The molecule has 6 nitrogen and oxygen atoms in total. The number of ether oxygens (including phenoxy) is 2. The van der Waals surface area contributed by atoms with Crippen molar-refractivity contribution in [2.75, 3.05) is 25.1 Å². The molecule has 134 valence electrons. The number of hydrogen-bond acceptors (Lipinski definition) is 5. The fourth-order valence-electron chi connectivity index (χ4n) is 2.21. The van der Waals surface area contributed by atoms with Crippen LogP contribution >= 0.6 is 0 Å². The molecule has 2 rings (SSSR count). The summed E-state index contributed by atoms with van der Waals surface area (Å²) in [6.07, 6.45) is 0. The van der Waals surface area contributed by atoms with Crippen molar-refractivity contribution in [3.8, 4) is 5.75 Å². The van der Waals surface area contributed by atoms with Crippen LogP contribution in [0.1, 0.15) is 5.56 Å². The minimum Gasteiger partial charge on any atom is -0.494 e. The number of rotatable bonds is 6. The Hall–Kier alpha value is -2.61. The molecule has 2 aromatic carbocycles. The summed E-state index contributed by atoms with van der Waals surface area (Å²) in [5, 5.41) is 0. The maximum absolute atomic E-state index is 13.9. The number of carbonyl (C=O) groups excluding carboxylic acids is 1. The molecule has 8 heteroatoms. The van der Waals surface area contributed by atoms with Crippen molar-refractivity contribution in [2.45, 2.75) is 11.8 Å². The predicted octanol–water partition coefficient (Wildman–Crippen LogP) is 2.51. The predicted molar refractivity (Wildman–Crippen MR) is 90.7 cm³/mol. The van der Waals surface area contributed by atoms with Crippen LogP contribution in [0.3, 0.4) is 0 Å². The summed E-state index contributed by atoms with van der Waals surface area (Å²) in [5.74, 6) is -1.63. The van der Waals surface area contributed by atoms with Gasteiger partial charge in [-0.15, -0.1) is 0 Å². The second-order valence-electron chi connectivity index (χ2n) is 5.22. The molecule has 0 atom stereocenters. The highest BCUT2D eigenvalue weighted by atomic mass is 32.2. The molecule has 0 aromatic heterocycles. The summed E-state index contributed by atoms with van der Waals surface area (Å²) in [6, 6.07) is 9.91. The zero-order valence-electron chi connectivity index (χ0n) is 14.0. The Bertz CT molecular complexity index is 882. The average Bonchev–Trinajstić information content (AvgIpc) is 2.59. The van der Waals surface area contributed by atoms with E-state index in [4.69, 9.17) is 4.74 Å². The first kappa shape index (κ1) is 18.7. The molecule has 0 aliphatic rings. The van der Waals surface area contributed by atoms with Crippen molar-refractivity contribution >= 4 is 21.7 Å². The van der Waals surface area contributed by atoms with E-state index in [1.54, 1.807) is 31.2 Å². The molecule has 0 spiro atoms. The second kappa shape index (κ2) is 7.52. The number of nitrogens with zero attached hydrogens (tertiary/aromatic N) is 1. The molecule has 2 aromatic rings. The van der Waals surface area contributed by atoms with Crippen molar-refractivity contribution < 1.29 is 27.1 Å². The van der Waals surface area contributed by atoms with E-state index in [-0.39, 0.29) is 16.3 Å². The van der Waals surface area contributed by atoms with Gasteiger partial charge < -0.3 is 9.47 Å². The molecular formula is C17H18FNO5S. The van der Waals surface area contributed by atoms with Gasteiger partial charge in [-0.2, -0.15) is 0 Å². The zero-order valence-corrected chi connectivity index (χ0v) is 14.8. The third-order valence-corrected chi connectivity index (χ3v) is 5.27. The highest BCUT2D eigenvalue weighted by Gasteiger charge is 2.28. The van der Waals surface area contributed by atoms with Crippen LogP contribution in [0.5, 0.6) is 5.75 Å². The maximum atomic E-state index is 13.9. The lowest BCUT2D eigenvalue weighted by Gasteiger charge is -2.24. The SMILES string of the molecule is COC(=O)CN(c1cccc(C)c1)S(=O)(=O)c1ccc(OC)c(F)c1. The Morgan fingerprint density at radius 1 is 1.16 bits per heavy atom. The minimum atomic E-state index is -4.19. The van der Waals surface area contributed by atoms with E-state index in [2.05, 4.69) is 4.74 Å². The van der Waals surface area contributed by atoms with E-state index in [1.807, 2.05) is 0 Å². The summed E-state index contributed by atoms with van der Waals surface area (Å²) >= 11 is 0. The first-order chi connectivity index (χ1) is 11.8. The lowest BCUT2D eigenvalue weighted by atomic mass is 10.2. The van der Waals surface area contributed by atoms with Crippen LogP contribution < -0.4 is 9.04 Å². The largest absolute Gasteiger partial charge is 0.494 e. The third kappa shape index (κ3) is 4.08. The molecule has 0 heterocycles. The van der Waals surface area contributed by atoms with Crippen LogP contribution in [0.2, 0.25) is 0 Å². The molecule has 0 N–H and O–H groups in total. The van der Waals surface area contributed by atoms with Gasteiger partial charge in [0.1, 0.15) is 6.54 Å². The van der Waals surface area contributed by atoms with Gasteiger partial charge in [0, 0.05) is 0 Å². The van der Waals surface area contributed by atoms with Crippen molar-refractivity contribution in [1.29, 1.82) is 0 Å². The van der Waals surface area contributed by atoms with Crippen molar-refractivity contribution in [3.05, 3.63) is 53.8 Å². The van der Waals surface area contributed by atoms with Crippen molar-refractivity contribution in [1.82, 2.24) is 0 Å². The number of esters is 1. The molecule has 0 bridgehead atoms. The number of carbonyl (C=O) groups is 1. The van der Waals surface area contributed by atoms with E-state index < -0.39 is 28.4 Å². The Balaban J connectivity index is 2.55. The normalized spacial score (nSPS) is 11.0. The fourth-order valence-corrected chi connectivity index (χ4v) is 3.63. The Labute approximate surface area is 145 Å². The number of benzene rings is 2. The van der Waals surface area contributed by atoms with Crippen LogP contribution in [-0.4, -0.2) is 35.2 Å². The lowest BCUT2D eigenvalue weighted by molar-refractivity contribution is -0.138. The number of anilines is 1. The Morgan fingerprint density at radius 3 is 2.44 bits per heavy atom. The quantitative estimate of drug-likeness (QED) is 0.734. The van der Waals surface area contributed by atoms with E-state index in [9.17, 15) is 17.6 Å². The standard InChI is InChI=1S/C17H18FNO5S/c1-12-5-4-6-13(9-12)19(11-17(20)24-3)25(21,22)14-7-8-16(23-2)15(18)10-14/h4-10H,11H2,1-3H3. The number of halogens is 1. The van der Waals surface area contributed by atoms with Gasteiger partial charge in [-0.3, -0.25) is 9.10 Å². The molecule has 25 heavy (non-hydrogen) atoms. The molecule has 0 amide bonds. The highest BCUT2D eigenvalue weighted by Crippen LogP contribution is 2.27. The van der Waals surface area contributed by atoms with E-state index >= 15 is 0 Å². The second-order valence-corrected chi connectivity index (χ2v) is 7.09. The molecule has 0 aliphatic heterocycles. The van der Waals surface area contributed by atoms with Gasteiger partial charge >= 0.3 is 5.97 Å². The van der Waals surface area contributed by atoms with Crippen LogP contribution in [0.25, 0.3) is 0 Å². The fraction of sp³-hybridized carbons (Fsp3) is 0.235. The van der Waals surface area contributed by atoms with Gasteiger partial charge in [-0.25, -0.2) is 12.8 Å². The van der Waals surface area contributed by atoms with Gasteiger partial charge in [0.15, 0.2) is 11.6 Å². The maximum Gasteiger partial charge on any atom is 0.326 e. The van der Waals surface area contributed by atoms with Gasteiger partial charge in [0.2, 0.25) is 0 Å². The van der Waals surface area contributed by atoms with Gasteiger partial charge in [-0.05, 0) is 42.8 Å². The third-order valence-electron chi connectivity index (χ3n) is 3.50. The smallest absolute Gasteiger partial charge is 0.326 e. The number of aryl methyl sites for hydroxylation is 1. The summed E-state index contributed by atoms with van der Waals surface area (Å²) in [4.78, 5) is 11.4. The number of sulfonamides is 1. The Morgan fingerprint density at radius 2 is 1.88 bits per heavy atom. The molecule has 0 aliphatic carbocycles. The first-order valence-electron chi connectivity index (χ1n) is 7.29. The first-order valence-corrected chi connectivity index (χ1v) is 8.73. The monoisotopic (exact) mass is 367 g/mol. The van der Waals surface area contributed by atoms with Crippen LogP contribution in [0, 0.1) is 12.7 Å². The van der Waals surface area contributed by atoms with E-state index in [0.717, 1.165) is 23.0 Å². The van der Waals surface area contributed by atoms with Gasteiger partial charge in [-0.1, -0.05) is 12.1 Å². The average molecular weight is 367 g/mol. The van der Waals surface area contributed by atoms with Gasteiger partial charge in [0.05, 0.1) is 24.8 Å². The van der Waals surface area contributed by atoms with E-state index in [0.29, 0.717) is 0 Å². The van der Waals surface area contributed by atoms with Crippen molar-refractivity contribution in [3.63, 3.8) is 0 Å². The lowest BCUT2D eigenvalue weighted by Crippen LogP contribution is -2.36. The molecule has 0 radical (unpaired) electrons.